The molecule has 3 aliphatic heterocycles. The van der Waals surface area contributed by atoms with Gasteiger partial charge in [0.1, 0.15) is 0 Å². The van der Waals surface area contributed by atoms with Crippen molar-refractivity contribution in [1.29, 1.82) is 0 Å². The van der Waals surface area contributed by atoms with E-state index in [0.717, 1.165) is 25.4 Å². The maximum Gasteiger partial charge on any atom is 0.0484 e. The number of piperidine rings is 3. The van der Waals surface area contributed by atoms with Gasteiger partial charge in [0.25, 0.3) is 0 Å². The fourth-order valence-electron chi connectivity index (χ4n) is 4.13. The maximum atomic E-state index is 6.23. The van der Waals surface area contributed by atoms with E-state index in [4.69, 9.17) is 5.73 Å². The molecule has 2 bridgehead atoms. The van der Waals surface area contributed by atoms with Crippen LogP contribution in [-0.4, -0.2) is 55.1 Å². The molecule has 0 aliphatic carbocycles. The molecule has 3 saturated heterocycles. The second kappa shape index (κ2) is 5.84. The molecule has 3 nitrogen and oxygen atoms in total. The molecule has 1 aromatic carbocycles. The van der Waals surface area contributed by atoms with Gasteiger partial charge < -0.3 is 10.6 Å². The number of nitrogens with two attached hydrogens (primary N) is 1. The van der Waals surface area contributed by atoms with Gasteiger partial charge >= 0.3 is 0 Å². The summed E-state index contributed by atoms with van der Waals surface area (Å²) in [6.07, 6.45) is 3.77. The summed E-state index contributed by atoms with van der Waals surface area (Å²) in [5.41, 5.74) is 7.86. The summed E-state index contributed by atoms with van der Waals surface area (Å²) < 4.78 is 0. The summed E-state index contributed by atoms with van der Waals surface area (Å²) in [4.78, 5) is 5.15. The minimum Gasteiger partial charge on any atom is -0.329 e. The third kappa shape index (κ3) is 2.50. The van der Waals surface area contributed by atoms with Crippen LogP contribution >= 0.6 is 0 Å². The van der Waals surface area contributed by atoms with Gasteiger partial charge in [-0.2, -0.15) is 0 Å². The predicted molar refractivity (Wildman–Crippen MR) is 83.7 cm³/mol. The normalized spacial score (nSPS) is 32.8. The van der Waals surface area contributed by atoms with Crippen LogP contribution in [0.15, 0.2) is 30.3 Å². The zero-order valence-electron chi connectivity index (χ0n) is 12.6. The molecular formula is C17H27N3. The molecule has 3 aliphatic rings. The second-order valence-corrected chi connectivity index (χ2v) is 6.52. The molecule has 20 heavy (non-hydrogen) atoms. The van der Waals surface area contributed by atoms with Crippen molar-refractivity contribution in [2.24, 2.45) is 11.7 Å². The Balaban J connectivity index is 1.67. The van der Waals surface area contributed by atoms with Crippen LogP contribution < -0.4 is 5.73 Å². The first-order valence-corrected chi connectivity index (χ1v) is 7.92. The summed E-state index contributed by atoms with van der Waals surface area (Å²) in [6, 6.07) is 10.8. The highest BCUT2D eigenvalue weighted by atomic mass is 15.3. The summed E-state index contributed by atoms with van der Waals surface area (Å²) in [5, 5.41) is 0. The lowest BCUT2D eigenvalue weighted by Crippen LogP contribution is -2.69. The Labute approximate surface area is 122 Å². The van der Waals surface area contributed by atoms with Crippen LogP contribution in [0.25, 0.3) is 0 Å². The van der Waals surface area contributed by atoms with Gasteiger partial charge in [0, 0.05) is 25.2 Å². The van der Waals surface area contributed by atoms with Crippen molar-refractivity contribution in [2.45, 2.75) is 24.8 Å². The summed E-state index contributed by atoms with van der Waals surface area (Å²) in [5.74, 6) is 0.790. The SMILES string of the molecule is CN(CCc1ccccc1)C1(CN)CN2CCC1CC2. The topological polar surface area (TPSA) is 32.5 Å². The lowest BCUT2D eigenvalue weighted by Gasteiger charge is -2.57. The molecule has 2 N–H and O–H groups in total. The first kappa shape index (κ1) is 14.1. The third-order valence-electron chi connectivity index (χ3n) is 5.54. The molecule has 0 spiro atoms. The standard InChI is InChI=1S/C17H27N3/c1-19(10-7-15-5-3-2-4-6-15)17(13-18)14-20-11-8-16(17)9-12-20/h2-6,16H,7-14,18H2,1H3. The predicted octanol–water partition coefficient (Wildman–Crippen LogP) is 1.58. The zero-order valence-corrected chi connectivity index (χ0v) is 12.6. The van der Waals surface area contributed by atoms with Gasteiger partial charge in [0.15, 0.2) is 0 Å². The number of likely N-dealkylation sites (N-methyl/N-ethyl adjacent to an activating group) is 1. The van der Waals surface area contributed by atoms with Crippen molar-refractivity contribution < 1.29 is 0 Å². The fourth-order valence-corrected chi connectivity index (χ4v) is 4.13. The van der Waals surface area contributed by atoms with E-state index >= 15 is 0 Å². The van der Waals surface area contributed by atoms with E-state index in [1.54, 1.807) is 0 Å². The van der Waals surface area contributed by atoms with Gasteiger partial charge in [-0.3, -0.25) is 4.90 Å². The fraction of sp³-hybridized carbons (Fsp3) is 0.647. The monoisotopic (exact) mass is 273 g/mol. The number of nitrogens with zero attached hydrogens (tertiary/aromatic N) is 2. The van der Waals surface area contributed by atoms with E-state index in [0.29, 0.717) is 0 Å². The molecule has 1 atom stereocenters. The van der Waals surface area contributed by atoms with Crippen molar-refractivity contribution in [3.63, 3.8) is 0 Å². The van der Waals surface area contributed by atoms with Gasteiger partial charge in [-0.1, -0.05) is 30.3 Å². The average Bonchev–Trinajstić information content (AvgIpc) is 2.54. The Hall–Kier alpha value is -0.900. The molecule has 3 heteroatoms. The average molecular weight is 273 g/mol. The van der Waals surface area contributed by atoms with Crippen molar-refractivity contribution in [2.75, 3.05) is 39.8 Å². The number of hydrogen-bond acceptors (Lipinski definition) is 3. The van der Waals surface area contributed by atoms with E-state index in [1.807, 2.05) is 0 Å². The van der Waals surface area contributed by atoms with Gasteiger partial charge in [0.05, 0.1) is 0 Å². The molecule has 110 valence electrons. The summed E-state index contributed by atoms with van der Waals surface area (Å²) >= 11 is 0. The van der Waals surface area contributed by atoms with Crippen LogP contribution in [0.4, 0.5) is 0 Å². The minimum atomic E-state index is 0.214. The van der Waals surface area contributed by atoms with Crippen LogP contribution in [0.3, 0.4) is 0 Å². The molecule has 1 unspecified atom stereocenters. The molecular weight excluding hydrogens is 246 g/mol. The molecule has 0 radical (unpaired) electrons. The highest BCUT2D eigenvalue weighted by Crippen LogP contribution is 2.38. The quantitative estimate of drug-likeness (QED) is 0.884. The van der Waals surface area contributed by atoms with Crippen LogP contribution in [-0.2, 0) is 6.42 Å². The Kier molecular flexibility index (Phi) is 4.11. The lowest BCUT2D eigenvalue weighted by atomic mass is 9.71. The second-order valence-electron chi connectivity index (χ2n) is 6.52. The first-order valence-electron chi connectivity index (χ1n) is 7.92. The Morgan fingerprint density at radius 1 is 1.25 bits per heavy atom. The van der Waals surface area contributed by atoms with Crippen LogP contribution in [0.1, 0.15) is 18.4 Å². The van der Waals surface area contributed by atoms with Gasteiger partial charge in [-0.25, -0.2) is 0 Å². The molecule has 0 amide bonds. The number of benzene rings is 1. The first-order chi connectivity index (χ1) is 9.74. The van der Waals surface area contributed by atoms with Crippen molar-refractivity contribution >= 4 is 0 Å². The Morgan fingerprint density at radius 2 is 1.95 bits per heavy atom. The summed E-state index contributed by atoms with van der Waals surface area (Å²) in [7, 11) is 2.28. The van der Waals surface area contributed by atoms with Gasteiger partial charge in [0.2, 0.25) is 0 Å². The van der Waals surface area contributed by atoms with Crippen LogP contribution in [0.2, 0.25) is 0 Å². The molecule has 4 rings (SSSR count). The lowest BCUT2D eigenvalue weighted by molar-refractivity contribution is -0.0555. The minimum absolute atomic E-state index is 0.214. The Morgan fingerprint density at radius 3 is 2.50 bits per heavy atom. The van der Waals surface area contributed by atoms with Crippen molar-refractivity contribution in [1.82, 2.24) is 9.80 Å². The van der Waals surface area contributed by atoms with Crippen molar-refractivity contribution in [3.8, 4) is 0 Å². The number of hydrogen-bond donors (Lipinski definition) is 1. The highest BCUT2D eigenvalue weighted by Gasteiger charge is 2.47. The van der Waals surface area contributed by atoms with Crippen LogP contribution in [0, 0.1) is 5.92 Å². The van der Waals surface area contributed by atoms with E-state index in [-0.39, 0.29) is 5.54 Å². The molecule has 3 fully saturated rings. The van der Waals surface area contributed by atoms with Crippen LogP contribution in [0.5, 0.6) is 0 Å². The maximum absolute atomic E-state index is 6.23. The van der Waals surface area contributed by atoms with E-state index < -0.39 is 0 Å². The number of fused-ring (bicyclic) bond motifs is 3. The largest absolute Gasteiger partial charge is 0.329 e. The molecule has 1 aromatic rings. The number of rotatable bonds is 5. The highest BCUT2D eigenvalue weighted by molar-refractivity contribution is 5.15. The Bertz CT molecular complexity index is 425. The molecule has 0 saturated carbocycles. The van der Waals surface area contributed by atoms with E-state index in [9.17, 15) is 0 Å². The molecule has 0 aromatic heterocycles. The van der Waals surface area contributed by atoms with E-state index in [1.165, 1.54) is 38.0 Å². The van der Waals surface area contributed by atoms with Crippen molar-refractivity contribution in [3.05, 3.63) is 35.9 Å². The molecule has 3 heterocycles. The van der Waals surface area contributed by atoms with Gasteiger partial charge in [-0.15, -0.1) is 0 Å². The van der Waals surface area contributed by atoms with Gasteiger partial charge in [-0.05, 0) is 50.9 Å². The zero-order chi connectivity index (χ0) is 14.0. The summed E-state index contributed by atoms with van der Waals surface area (Å²) in [6.45, 7) is 5.61. The third-order valence-corrected chi connectivity index (χ3v) is 5.54. The van der Waals surface area contributed by atoms with E-state index in [2.05, 4.69) is 47.2 Å². The smallest absolute Gasteiger partial charge is 0.0484 e.